The van der Waals surface area contributed by atoms with E-state index in [1.165, 1.54) is 12.0 Å². The van der Waals surface area contributed by atoms with E-state index in [2.05, 4.69) is 10.3 Å². The van der Waals surface area contributed by atoms with Gasteiger partial charge in [0.25, 0.3) is 5.91 Å². The van der Waals surface area contributed by atoms with Crippen molar-refractivity contribution in [3.63, 3.8) is 0 Å². The maximum atomic E-state index is 12.3. The highest BCUT2D eigenvalue weighted by atomic mass is 16.5. The Hall–Kier alpha value is -2.11. The molecule has 0 aliphatic carbocycles. The molecule has 6 heteroatoms. The Labute approximate surface area is 112 Å². The topological polar surface area (TPSA) is 71.5 Å². The first kappa shape index (κ1) is 14.9. The molecular formula is C13H19N3O3. The molecule has 1 N–H and O–H groups in total. The number of carbonyl (C=O) groups is 2. The molecule has 0 saturated carbocycles. The summed E-state index contributed by atoms with van der Waals surface area (Å²) < 4.78 is 5.05. The Balaban J connectivity index is 2.86. The second kappa shape index (κ2) is 7.35. The number of aromatic nitrogens is 1. The van der Waals surface area contributed by atoms with Gasteiger partial charge in [-0.1, -0.05) is 0 Å². The highest BCUT2D eigenvalue weighted by molar-refractivity contribution is 5.98. The molecule has 0 spiro atoms. The largest absolute Gasteiger partial charge is 0.480 e. The number of likely N-dealkylation sites (N-methyl/N-ethyl adjacent to an activating group) is 2. The molecule has 104 valence electrons. The lowest BCUT2D eigenvalue weighted by atomic mass is 10.2. The van der Waals surface area contributed by atoms with Crippen molar-refractivity contribution < 1.29 is 14.3 Å². The fourth-order valence-electron chi connectivity index (χ4n) is 1.64. The average molecular weight is 265 g/mol. The van der Waals surface area contributed by atoms with Gasteiger partial charge in [-0.3, -0.25) is 9.59 Å². The van der Waals surface area contributed by atoms with Gasteiger partial charge in [0, 0.05) is 19.3 Å². The van der Waals surface area contributed by atoms with Crippen LogP contribution in [-0.2, 0) is 4.79 Å². The molecule has 0 atom stereocenters. The Morgan fingerprint density at radius 1 is 1.42 bits per heavy atom. The summed E-state index contributed by atoms with van der Waals surface area (Å²) in [6, 6.07) is 3.30. The van der Waals surface area contributed by atoms with Crippen LogP contribution >= 0.6 is 0 Å². The van der Waals surface area contributed by atoms with Gasteiger partial charge in [-0.25, -0.2) is 4.98 Å². The van der Waals surface area contributed by atoms with Crippen molar-refractivity contribution in [3.05, 3.63) is 23.9 Å². The van der Waals surface area contributed by atoms with Crippen LogP contribution in [0.25, 0.3) is 0 Å². The third kappa shape index (κ3) is 3.94. The Morgan fingerprint density at radius 3 is 2.74 bits per heavy atom. The molecule has 0 bridgehead atoms. The van der Waals surface area contributed by atoms with Gasteiger partial charge in [0.1, 0.15) is 5.56 Å². The zero-order valence-corrected chi connectivity index (χ0v) is 11.5. The third-order valence-electron chi connectivity index (χ3n) is 2.57. The van der Waals surface area contributed by atoms with E-state index in [0.29, 0.717) is 18.7 Å². The number of methoxy groups -OCH3 is 1. The van der Waals surface area contributed by atoms with E-state index in [-0.39, 0.29) is 24.2 Å². The first-order chi connectivity index (χ1) is 9.13. The van der Waals surface area contributed by atoms with Crippen LogP contribution in [0.4, 0.5) is 0 Å². The molecule has 19 heavy (non-hydrogen) atoms. The van der Waals surface area contributed by atoms with Crippen molar-refractivity contribution >= 4 is 11.8 Å². The van der Waals surface area contributed by atoms with Gasteiger partial charge < -0.3 is 15.0 Å². The van der Waals surface area contributed by atoms with E-state index >= 15 is 0 Å². The summed E-state index contributed by atoms with van der Waals surface area (Å²) in [5.74, 6) is -0.180. The van der Waals surface area contributed by atoms with E-state index in [1.807, 2.05) is 13.8 Å². The lowest BCUT2D eigenvalue weighted by Crippen LogP contribution is -2.40. The smallest absolute Gasteiger partial charge is 0.259 e. The summed E-state index contributed by atoms with van der Waals surface area (Å²) in [6.45, 7) is 4.66. The summed E-state index contributed by atoms with van der Waals surface area (Å²) in [5, 5.41) is 2.67. The van der Waals surface area contributed by atoms with E-state index < -0.39 is 0 Å². The maximum Gasteiger partial charge on any atom is 0.259 e. The number of nitrogens with zero attached hydrogens (tertiary/aromatic N) is 2. The van der Waals surface area contributed by atoms with E-state index in [9.17, 15) is 9.59 Å². The van der Waals surface area contributed by atoms with Crippen LogP contribution in [0.15, 0.2) is 18.3 Å². The van der Waals surface area contributed by atoms with Crippen LogP contribution in [0.3, 0.4) is 0 Å². The zero-order valence-electron chi connectivity index (χ0n) is 11.5. The summed E-state index contributed by atoms with van der Waals surface area (Å²) in [7, 11) is 1.46. The highest BCUT2D eigenvalue weighted by Crippen LogP contribution is 2.15. The molecular weight excluding hydrogens is 246 g/mol. The number of amides is 2. The molecule has 0 aromatic carbocycles. The van der Waals surface area contributed by atoms with Crippen molar-refractivity contribution in [2.75, 3.05) is 26.7 Å². The number of ether oxygens (including phenoxy) is 1. The number of pyridine rings is 1. The highest BCUT2D eigenvalue weighted by Gasteiger charge is 2.20. The fourth-order valence-corrected chi connectivity index (χ4v) is 1.64. The molecule has 0 aliphatic rings. The van der Waals surface area contributed by atoms with E-state index in [4.69, 9.17) is 4.74 Å². The number of rotatable bonds is 6. The van der Waals surface area contributed by atoms with Gasteiger partial charge in [-0.2, -0.15) is 0 Å². The maximum absolute atomic E-state index is 12.3. The number of carbonyl (C=O) groups excluding carboxylic acids is 2. The number of nitrogens with one attached hydrogen (secondary N) is 1. The molecule has 0 saturated heterocycles. The molecule has 0 fully saturated rings. The van der Waals surface area contributed by atoms with E-state index in [0.717, 1.165) is 0 Å². The third-order valence-corrected chi connectivity index (χ3v) is 2.57. The van der Waals surface area contributed by atoms with Crippen LogP contribution in [0, 0.1) is 0 Å². The summed E-state index contributed by atoms with van der Waals surface area (Å²) >= 11 is 0. The Kier molecular flexibility index (Phi) is 5.78. The fraction of sp³-hybridized carbons (Fsp3) is 0.462. The molecule has 2 amide bonds. The van der Waals surface area contributed by atoms with Gasteiger partial charge in [0.05, 0.1) is 13.7 Å². The number of hydrogen-bond donors (Lipinski definition) is 1. The quantitative estimate of drug-likeness (QED) is 0.821. The molecule has 1 heterocycles. The molecule has 0 aliphatic heterocycles. The molecule has 1 aromatic heterocycles. The molecule has 0 unspecified atom stereocenters. The SMILES string of the molecule is CCNC(=O)CN(CC)C(=O)c1cccnc1OC. The predicted octanol–water partition coefficient (Wildman–Crippen LogP) is 0.688. The van der Waals surface area contributed by atoms with Gasteiger partial charge in [-0.05, 0) is 26.0 Å². The summed E-state index contributed by atoms with van der Waals surface area (Å²) in [5.41, 5.74) is 0.358. The normalized spacial score (nSPS) is 9.84. The zero-order chi connectivity index (χ0) is 14.3. The summed E-state index contributed by atoms with van der Waals surface area (Å²) in [6.07, 6.45) is 1.55. The standard InChI is InChI=1S/C13H19N3O3/c1-4-14-11(17)9-16(5-2)13(18)10-7-6-8-15-12(10)19-3/h6-8H,4-5,9H2,1-3H3,(H,14,17). The van der Waals surface area contributed by atoms with Crippen molar-refractivity contribution in [2.24, 2.45) is 0 Å². The van der Waals surface area contributed by atoms with Crippen molar-refractivity contribution in [1.29, 1.82) is 0 Å². The van der Waals surface area contributed by atoms with Gasteiger partial charge in [0.2, 0.25) is 11.8 Å². The Morgan fingerprint density at radius 2 is 2.16 bits per heavy atom. The average Bonchev–Trinajstić information content (AvgIpc) is 2.44. The first-order valence-electron chi connectivity index (χ1n) is 6.19. The molecule has 6 nitrogen and oxygen atoms in total. The predicted molar refractivity (Wildman–Crippen MR) is 71.1 cm³/mol. The van der Waals surface area contributed by atoms with Gasteiger partial charge in [0.15, 0.2) is 0 Å². The molecule has 1 aromatic rings. The van der Waals surface area contributed by atoms with Crippen molar-refractivity contribution in [3.8, 4) is 5.88 Å². The second-order valence-electron chi connectivity index (χ2n) is 3.83. The minimum Gasteiger partial charge on any atom is -0.480 e. The molecule has 0 radical (unpaired) electrons. The minimum absolute atomic E-state index is 0.0290. The second-order valence-corrected chi connectivity index (χ2v) is 3.83. The summed E-state index contributed by atoms with van der Waals surface area (Å²) in [4.78, 5) is 29.3. The number of hydrogen-bond acceptors (Lipinski definition) is 4. The minimum atomic E-state index is -0.265. The van der Waals surface area contributed by atoms with Crippen LogP contribution < -0.4 is 10.1 Å². The lowest BCUT2D eigenvalue weighted by molar-refractivity contribution is -0.121. The first-order valence-corrected chi connectivity index (χ1v) is 6.19. The van der Waals surface area contributed by atoms with Crippen LogP contribution in [0.1, 0.15) is 24.2 Å². The van der Waals surface area contributed by atoms with Crippen molar-refractivity contribution in [2.45, 2.75) is 13.8 Å². The van der Waals surface area contributed by atoms with Crippen LogP contribution in [-0.4, -0.2) is 48.4 Å². The lowest BCUT2D eigenvalue weighted by Gasteiger charge is -2.20. The van der Waals surface area contributed by atoms with Crippen molar-refractivity contribution in [1.82, 2.24) is 15.2 Å². The van der Waals surface area contributed by atoms with Crippen LogP contribution in [0.5, 0.6) is 5.88 Å². The van der Waals surface area contributed by atoms with Gasteiger partial charge >= 0.3 is 0 Å². The monoisotopic (exact) mass is 265 g/mol. The van der Waals surface area contributed by atoms with Gasteiger partial charge in [-0.15, -0.1) is 0 Å². The Bertz CT molecular complexity index is 449. The van der Waals surface area contributed by atoms with Crippen LogP contribution in [0.2, 0.25) is 0 Å². The molecule has 1 rings (SSSR count). The van der Waals surface area contributed by atoms with E-state index in [1.54, 1.807) is 18.3 Å².